The van der Waals surface area contributed by atoms with Crippen LogP contribution in [0.4, 0.5) is 10.6 Å². The van der Waals surface area contributed by atoms with Crippen molar-refractivity contribution in [2.24, 2.45) is 5.73 Å². The lowest BCUT2D eigenvalue weighted by Crippen LogP contribution is -2.63. The number of primary amides is 1. The second-order valence-electron chi connectivity index (χ2n) is 13.4. The van der Waals surface area contributed by atoms with E-state index in [1.165, 1.54) is 6.20 Å². The number of nitrogen functional groups attached to an aromatic ring is 1. The molecule has 0 unspecified atom stereocenters. The van der Waals surface area contributed by atoms with Gasteiger partial charge in [-0.3, -0.25) is 9.69 Å². The largest absolute Gasteiger partial charge is 0.444 e. The molecule has 3 saturated heterocycles. The van der Waals surface area contributed by atoms with Gasteiger partial charge < -0.3 is 30.7 Å². The third-order valence-electron chi connectivity index (χ3n) is 9.14. The molecule has 0 saturated carbocycles. The van der Waals surface area contributed by atoms with Crippen molar-refractivity contribution < 1.29 is 19.1 Å². The second kappa shape index (κ2) is 13.1. The predicted octanol–water partition coefficient (Wildman–Crippen LogP) is 4.79. The van der Waals surface area contributed by atoms with Crippen LogP contribution >= 0.6 is 11.6 Å². The van der Waals surface area contributed by atoms with E-state index in [0.717, 1.165) is 70.5 Å². The van der Waals surface area contributed by atoms with E-state index >= 15 is 0 Å². The summed E-state index contributed by atoms with van der Waals surface area (Å²) < 4.78 is 13.1. The summed E-state index contributed by atoms with van der Waals surface area (Å²) >= 11 is 5.91. The number of hydrogen-bond acceptors (Lipinski definition) is 9. The van der Waals surface area contributed by atoms with Gasteiger partial charge in [-0.15, -0.1) is 0 Å². The fourth-order valence-electron chi connectivity index (χ4n) is 6.67. The lowest BCUT2D eigenvalue weighted by Gasteiger charge is -2.49. The van der Waals surface area contributed by atoms with Crippen molar-refractivity contribution in [1.29, 1.82) is 0 Å². The average molecular weight is 651 g/mol. The summed E-state index contributed by atoms with van der Waals surface area (Å²) in [6.45, 7) is 11.1. The van der Waals surface area contributed by atoms with E-state index in [4.69, 9.17) is 37.6 Å². The molecule has 12 nitrogen and oxygen atoms in total. The fraction of sp³-hybridized carbons (Fsp3) is 0.515. The molecule has 5 heterocycles. The van der Waals surface area contributed by atoms with Gasteiger partial charge in [-0.1, -0.05) is 11.6 Å². The number of anilines is 1. The zero-order valence-corrected chi connectivity index (χ0v) is 27.4. The Morgan fingerprint density at radius 1 is 0.891 bits per heavy atom. The number of halogens is 1. The van der Waals surface area contributed by atoms with Gasteiger partial charge in [0.2, 0.25) is 5.88 Å². The highest BCUT2D eigenvalue weighted by molar-refractivity contribution is 6.30. The second-order valence-corrected chi connectivity index (χ2v) is 13.9. The smallest absolute Gasteiger partial charge is 0.410 e. The van der Waals surface area contributed by atoms with Crippen molar-refractivity contribution in [3.05, 3.63) is 53.2 Å². The van der Waals surface area contributed by atoms with E-state index in [-0.39, 0.29) is 17.7 Å². The Morgan fingerprint density at radius 3 is 2.07 bits per heavy atom. The Morgan fingerprint density at radius 2 is 1.50 bits per heavy atom. The van der Waals surface area contributed by atoms with E-state index in [2.05, 4.69) is 14.8 Å². The van der Waals surface area contributed by atoms with Crippen LogP contribution in [-0.4, -0.2) is 98.4 Å². The summed E-state index contributed by atoms with van der Waals surface area (Å²) in [5, 5.41) is 5.36. The molecule has 6 rings (SSSR count). The molecular weight excluding hydrogens is 608 g/mol. The number of aromatic nitrogens is 3. The van der Waals surface area contributed by atoms with Gasteiger partial charge in [-0.05, 0) is 76.8 Å². The third kappa shape index (κ3) is 7.08. The zero-order chi connectivity index (χ0) is 32.6. The minimum absolute atomic E-state index is 0.0792. The summed E-state index contributed by atoms with van der Waals surface area (Å²) in [4.78, 5) is 35.9. The maximum Gasteiger partial charge on any atom is 0.410 e. The first-order chi connectivity index (χ1) is 21.9. The van der Waals surface area contributed by atoms with Crippen molar-refractivity contribution in [2.45, 2.75) is 70.2 Å². The average Bonchev–Trinajstić information content (AvgIpc) is 3.35. The lowest BCUT2D eigenvalue weighted by atomic mass is 9.96. The van der Waals surface area contributed by atoms with Crippen LogP contribution in [0, 0.1) is 0 Å². The molecule has 3 aliphatic heterocycles. The molecule has 246 valence electrons. The molecular formula is C33H43ClN8O4. The quantitative estimate of drug-likeness (QED) is 0.369. The molecule has 3 fully saturated rings. The number of pyridine rings is 1. The number of benzene rings is 1. The number of carbonyl (C=O) groups excluding carboxylic acids is 2. The van der Waals surface area contributed by atoms with Crippen LogP contribution in [0.5, 0.6) is 11.6 Å². The predicted molar refractivity (Wildman–Crippen MR) is 176 cm³/mol. The molecule has 0 radical (unpaired) electrons. The highest BCUT2D eigenvalue weighted by atomic mass is 35.5. The minimum atomic E-state index is -0.602. The molecule has 0 spiro atoms. The van der Waals surface area contributed by atoms with Gasteiger partial charge in [-0.25, -0.2) is 14.5 Å². The number of nitrogens with two attached hydrogens (primary N) is 2. The topological polar surface area (TPSA) is 145 Å². The molecule has 0 bridgehead atoms. The van der Waals surface area contributed by atoms with E-state index in [9.17, 15) is 9.59 Å². The molecule has 13 heteroatoms. The van der Waals surface area contributed by atoms with Crippen LogP contribution in [0.3, 0.4) is 0 Å². The van der Waals surface area contributed by atoms with Crippen molar-refractivity contribution in [1.82, 2.24) is 29.5 Å². The van der Waals surface area contributed by atoms with Gasteiger partial charge >= 0.3 is 6.09 Å². The molecule has 2 amide bonds. The van der Waals surface area contributed by atoms with E-state index in [0.29, 0.717) is 40.2 Å². The normalized spacial score (nSPS) is 19.2. The first kappa shape index (κ1) is 32.1. The number of likely N-dealkylation sites (tertiary alicyclic amines) is 3. The highest BCUT2D eigenvalue weighted by Gasteiger charge is 2.39. The number of ether oxygens (including phenoxy) is 2. The van der Waals surface area contributed by atoms with Crippen LogP contribution in [-0.2, 0) is 4.74 Å². The van der Waals surface area contributed by atoms with Crippen LogP contribution in [0.25, 0.3) is 11.3 Å². The third-order valence-corrected chi connectivity index (χ3v) is 9.36. The minimum Gasteiger partial charge on any atom is -0.444 e. The molecule has 3 aromatic rings. The van der Waals surface area contributed by atoms with E-state index < -0.39 is 11.5 Å². The Hall–Kier alpha value is -3.87. The zero-order valence-electron chi connectivity index (χ0n) is 26.7. The first-order valence-electron chi connectivity index (χ1n) is 16.0. The van der Waals surface area contributed by atoms with Gasteiger partial charge in [0, 0.05) is 69.2 Å². The van der Waals surface area contributed by atoms with Crippen LogP contribution in [0.2, 0.25) is 5.02 Å². The van der Waals surface area contributed by atoms with Crippen molar-refractivity contribution >= 4 is 29.4 Å². The number of rotatable bonds is 7. The first-order valence-corrected chi connectivity index (χ1v) is 16.4. The standard InChI is InChI=1S/C33H43ClN8O4/c1-33(2,3)46-32(44)41-19-25(20-41)40-14-10-23(11-15-40)39-16-12-24(13-17-39)42-30(35)28(31(36)43)29(38-42)21-4-7-26(8-5-21)45-27-9-6-22(34)18-37-27/h4-9,18,23-25H,10-17,19-20,35H2,1-3H3,(H2,36,43). The SMILES string of the molecule is CC(C)(C)OC(=O)N1CC(N2CCC(N3CCC(n4nc(-c5ccc(Oc6ccc(Cl)cn6)cc5)c(C(N)=O)c4N)CC3)CC2)C1. The molecule has 46 heavy (non-hydrogen) atoms. The molecule has 0 atom stereocenters. The Balaban J connectivity index is 1.03. The van der Waals surface area contributed by atoms with Gasteiger partial charge in [0.1, 0.15) is 28.4 Å². The molecule has 4 N–H and O–H groups in total. The Labute approximate surface area is 274 Å². The van der Waals surface area contributed by atoms with E-state index in [1.807, 2.05) is 32.9 Å². The Bertz CT molecular complexity index is 1530. The summed E-state index contributed by atoms with van der Waals surface area (Å²) in [7, 11) is 0. The Kier molecular flexibility index (Phi) is 9.13. The van der Waals surface area contributed by atoms with Gasteiger partial charge in [-0.2, -0.15) is 5.10 Å². The highest BCUT2D eigenvalue weighted by Crippen LogP contribution is 2.35. The number of carbonyl (C=O) groups is 2. The molecule has 2 aromatic heterocycles. The summed E-state index contributed by atoms with van der Waals surface area (Å²) in [5.74, 6) is 0.709. The number of amides is 2. The molecule has 3 aliphatic rings. The molecule has 1 aromatic carbocycles. The van der Waals surface area contributed by atoms with Crippen molar-refractivity contribution in [2.75, 3.05) is 45.0 Å². The number of hydrogen-bond donors (Lipinski definition) is 2. The van der Waals surface area contributed by atoms with Crippen LogP contribution in [0.1, 0.15) is 62.9 Å². The van der Waals surface area contributed by atoms with Gasteiger partial charge in [0.05, 0.1) is 11.1 Å². The summed E-state index contributed by atoms with van der Waals surface area (Å²) in [6, 6.07) is 11.7. The monoisotopic (exact) mass is 650 g/mol. The summed E-state index contributed by atoms with van der Waals surface area (Å²) in [6.07, 6.45) is 5.30. The van der Waals surface area contributed by atoms with Gasteiger partial charge in [0.15, 0.2) is 0 Å². The fourth-order valence-corrected chi connectivity index (χ4v) is 6.78. The maximum absolute atomic E-state index is 12.5. The molecule has 0 aliphatic carbocycles. The lowest BCUT2D eigenvalue weighted by molar-refractivity contribution is -0.0259. The van der Waals surface area contributed by atoms with Crippen molar-refractivity contribution in [3.63, 3.8) is 0 Å². The summed E-state index contributed by atoms with van der Waals surface area (Å²) in [5.41, 5.74) is 13.3. The van der Waals surface area contributed by atoms with Crippen molar-refractivity contribution in [3.8, 4) is 22.9 Å². The number of nitrogens with zero attached hydrogens (tertiary/aromatic N) is 6. The number of piperidine rings is 2. The van der Waals surface area contributed by atoms with Crippen LogP contribution < -0.4 is 16.2 Å². The van der Waals surface area contributed by atoms with Crippen LogP contribution in [0.15, 0.2) is 42.6 Å². The van der Waals surface area contributed by atoms with Gasteiger partial charge in [0.25, 0.3) is 5.91 Å². The maximum atomic E-state index is 12.5. The van der Waals surface area contributed by atoms with E-state index in [1.54, 1.807) is 33.8 Å².